The van der Waals surface area contributed by atoms with Crippen LogP contribution >= 0.6 is 15.6 Å². The SMILES string of the molecule is CCC(C)CCCCCCCCC(=O)OC[C@H](COP(=O)(O)OC[C@H](O)COP(=O)(O)OC[C@@H](COC(=O)CCCCCCCCCCCCCC(C)C)OC(=O)CCCCCCCCC(C)C)OC(=O)CCCCCCCCCC(C)C. The van der Waals surface area contributed by atoms with E-state index in [1.165, 1.54) is 103 Å². The lowest BCUT2D eigenvalue weighted by atomic mass is 10.00. The summed E-state index contributed by atoms with van der Waals surface area (Å²) < 4.78 is 67.9. The topological polar surface area (TPSA) is 237 Å². The van der Waals surface area contributed by atoms with E-state index in [9.17, 15) is 43.2 Å². The Labute approximate surface area is 505 Å². The Hall–Kier alpha value is -1.94. The molecule has 0 bridgehead atoms. The molecule has 0 aromatic rings. The number of rotatable bonds is 61. The molecular formula is C64H124O17P2. The Morgan fingerprint density at radius 3 is 0.855 bits per heavy atom. The highest BCUT2D eigenvalue weighted by atomic mass is 31.2. The van der Waals surface area contributed by atoms with Gasteiger partial charge >= 0.3 is 39.5 Å². The van der Waals surface area contributed by atoms with Gasteiger partial charge in [0.15, 0.2) is 12.2 Å². The predicted molar refractivity (Wildman–Crippen MR) is 331 cm³/mol. The number of esters is 4. The molecule has 0 aromatic heterocycles. The zero-order valence-electron chi connectivity index (χ0n) is 53.8. The number of aliphatic hydroxyl groups excluding tert-OH is 1. The van der Waals surface area contributed by atoms with Crippen LogP contribution in [0.5, 0.6) is 0 Å². The zero-order valence-corrected chi connectivity index (χ0v) is 55.6. The lowest BCUT2D eigenvalue weighted by Crippen LogP contribution is -2.30. The Bertz CT molecular complexity index is 1660. The minimum atomic E-state index is -4.94. The molecule has 0 saturated heterocycles. The first-order valence-corrected chi connectivity index (χ1v) is 36.2. The molecule has 3 N–H and O–H groups in total. The van der Waals surface area contributed by atoms with Crippen molar-refractivity contribution in [2.45, 2.75) is 324 Å². The number of ether oxygens (including phenoxy) is 4. The standard InChI is InChI=1S/C64H124O17P2/c1-9-57(8)43-35-27-21-23-29-37-45-62(67)75-51-59(80-63(68)46-38-30-19-15-17-25-33-41-55(4)5)52-78-82(70,71)76-48-58(65)49-77-83(72,73)79-53-60(81-64(69)47-39-31-22-20-26-34-42-56(6)7)50-74-61(66)44-36-28-18-14-12-10-11-13-16-24-32-40-54(2)3/h54-60,65H,9-53H2,1-8H3,(H,70,71)(H,72,73)/t57?,58-,59+,60+/m0/s1. The maximum absolute atomic E-state index is 13.0. The second-order valence-electron chi connectivity index (χ2n) is 24.8. The molecule has 492 valence electrons. The molecule has 0 aliphatic rings. The molecule has 83 heavy (non-hydrogen) atoms. The van der Waals surface area contributed by atoms with E-state index in [4.69, 9.17) is 37.0 Å². The fourth-order valence-electron chi connectivity index (χ4n) is 9.40. The van der Waals surface area contributed by atoms with Crippen LogP contribution < -0.4 is 0 Å². The van der Waals surface area contributed by atoms with E-state index in [1.54, 1.807) is 0 Å². The Morgan fingerprint density at radius 2 is 0.578 bits per heavy atom. The maximum atomic E-state index is 13.0. The van der Waals surface area contributed by atoms with Crippen molar-refractivity contribution in [3.05, 3.63) is 0 Å². The molecule has 0 radical (unpaired) electrons. The van der Waals surface area contributed by atoms with Crippen molar-refractivity contribution in [3.63, 3.8) is 0 Å². The van der Waals surface area contributed by atoms with E-state index in [0.717, 1.165) is 108 Å². The molecule has 0 aliphatic heterocycles. The third-order valence-corrected chi connectivity index (χ3v) is 16.8. The molecule has 0 rings (SSSR count). The van der Waals surface area contributed by atoms with Crippen LogP contribution in [0.3, 0.4) is 0 Å². The van der Waals surface area contributed by atoms with Crippen molar-refractivity contribution in [1.29, 1.82) is 0 Å². The fraction of sp³-hybridized carbons (Fsp3) is 0.938. The molecule has 0 aliphatic carbocycles. The van der Waals surface area contributed by atoms with Gasteiger partial charge in [0, 0.05) is 25.7 Å². The normalized spacial score (nSPS) is 14.8. The van der Waals surface area contributed by atoms with Crippen LogP contribution in [0.25, 0.3) is 0 Å². The number of phosphoric ester groups is 2. The van der Waals surface area contributed by atoms with Gasteiger partial charge in [-0.3, -0.25) is 37.3 Å². The summed E-state index contributed by atoms with van der Waals surface area (Å²) in [5, 5.41) is 10.5. The van der Waals surface area contributed by atoms with Crippen molar-refractivity contribution >= 4 is 39.5 Å². The van der Waals surface area contributed by atoms with E-state index in [1.807, 2.05) is 0 Å². The maximum Gasteiger partial charge on any atom is 0.472 e. The summed E-state index contributed by atoms with van der Waals surface area (Å²) in [6, 6.07) is 0. The molecule has 0 saturated carbocycles. The summed E-state index contributed by atoms with van der Waals surface area (Å²) in [6.45, 7) is 13.9. The highest BCUT2D eigenvalue weighted by molar-refractivity contribution is 7.47. The first-order valence-electron chi connectivity index (χ1n) is 33.2. The van der Waals surface area contributed by atoms with Gasteiger partial charge in [0.25, 0.3) is 0 Å². The van der Waals surface area contributed by atoms with Crippen molar-refractivity contribution in [3.8, 4) is 0 Å². The van der Waals surface area contributed by atoms with Crippen LogP contribution in [0.15, 0.2) is 0 Å². The molecule has 0 aromatic carbocycles. The van der Waals surface area contributed by atoms with Gasteiger partial charge in [-0.15, -0.1) is 0 Å². The molecule has 0 amide bonds. The van der Waals surface area contributed by atoms with Crippen LogP contribution in [0.1, 0.15) is 306 Å². The van der Waals surface area contributed by atoms with E-state index in [0.29, 0.717) is 37.5 Å². The zero-order chi connectivity index (χ0) is 61.8. The van der Waals surface area contributed by atoms with Crippen molar-refractivity contribution in [2.24, 2.45) is 23.7 Å². The Morgan fingerprint density at radius 1 is 0.337 bits per heavy atom. The summed E-state index contributed by atoms with van der Waals surface area (Å²) >= 11 is 0. The average Bonchev–Trinajstić information content (AvgIpc) is 3.43. The Kier molecular flexibility index (Phi) is 53.0. The van der Waals surface area contributed by atoms with Crippen LogP contribution in [0.2, 0.25) is 0 Å². The van der Waals surface area contributed by atoms with Crippen molar-refractivity contribution in [1.82, 2.24) is 0 Å². The number of hydrogen-bond donors (Lipinski definition) is 3. The van der Waals surface area contributed by atoms with E-state index >= 15 is 0 Å². The first-order chi connectivity index (χ1) is 39.6. The number of unbranched alkanes of at least 4 members (excludes halogenated alkanes) is 26. The molecule has 19 heteroatoms. The van der Waals surface area contributed by atoms with Gasteiger partial charge in [0.2, 0.25) is 0 Å². The van der Waals surface area contributed by atoms with Crippen LogP contribution in [-0.4, -0.2) is 96.7 Å². The van der Waals surface area contributed by atoms with Crippen LogP contribution in [0, 0.1) is 23.7 Å². The summed E-state index contributed by atoms with van der Waals surface area (Å²) in [7, 11) is -9.89. The van der Waals surface area contributed by atoms with Gasteiger partial charge in [-0.05, 0) is 49.4 Å². The molecule has 0 fully saturated rings. The van der Waals surface area contributed by atoms with Crippen LogP contribution in [0.4, 0.5) is 0 Å². The van der Waals surface area contributed by atoms with Crippen molar-refractivity contribution < 1.29 is 80.2 Å². The van der Waals surface area contributed by atoms with E-state index in [-0.39, 0.29) is 25.7 Å². The first kappa shape index (κ1) is 81.1. The summed E-state index contributed by atoms with van der Waals surface area (Å²) in [6.07, 6.45) is 33.8. The highest BCUT2D eigenvalue weighted by Crippen LogP contribution is 2.45. The second kappa shape index (κ2) is 54.2. The monoisotopic (exact) mass is 1230 g/mol. The smallest absolute Gasteiger partial charge is 0.462 e. The minimum absolute atomic E-state index is 0.101. The number of aliphatic hydroxyl groups is 1. The predicted octanol–water partition coefficient (Wildman–Crippen LogP) is 17.4. The fourth-order valence-corrected chi connectivity index (χ4v) is 11.0. The van der Waals surface area contributed by atoms with Gasteiger partial charge in [-0.1, -0.05) is 254 Å². The van der Waals surface area contributed by atoms with E-state index in [2.05, 4.69) is 55.4 Å². The van der Waals surface area contributed by atoms with Gasteiger partial charge in [0.1, 0.15) is 19.3 Å². The lowest BCUT2D eigenvalue weighted by Gasteiger charge is -2.21. The van der Waals surface area contributed by atoms with E-state index < -0.39 is 97.5 Å². The number of hydrogen-bond acceptors (Lipinski definition) is 15. The second-order valence-corrected chi connectivity index (χ2v) is 27.7. The number of phosphoric acid groups is 2. The largest absolute Gasteiger partial charge is 0.472 e. The molecule has 0 heterocycles. The summed E-state index contributed by atoms with van der Waals surface area (Å²) in [4.78, 5) is 72.2. The summed E-state index contributed by atoms with van der Waals surface area (Å²) in [5.41, 5.74) is 0. The quantitative estimate of drug-likeness (QED) is 0.0222. The highest BCUT2D eigenvalue weighted by Gasteiger charge is 2.30. The molecule has 6 atom stereocenters. The third kappa shape index (κ3) is 57.6. The van der Waals surface area contributed by atoms with Gasteiger partial charge in [0.05, 0.1) is 26.4 Å². The number of carbonyl (C=O) groups excluding carboxylic acids is 4. The van der Waals surface area contributed by atoms with Gasteiger partial charge in [-0.2, -0.15) is 0 Å². The minimum Gasteiger partial charge on any atom is -0.462 e. The molecular weight excluding hydrogens is 1100 g/mol. The van der Waals surface area contributed by atoms with Crippen molar-refractivity contribution in [2.75, 3.05) is 39.6 Å². The summed E-state index contributed by atoms with van der Waals surface area (Å²) in [5.74, 6) is 0.722. The van der Waals surface area contributed by atoms with Gasteiger partial charge < -0.3 is 33.8 Å². The third-order valence-electron chi connectivity index (χ3n) is 14.9. The average molecular weight is 1230 g/mol. The molecule has 0 spiro atoms. The van der Waals surface area contributed by atoms with Crippen LogP contribution in [-0.2, 0) is 65.4 Å². The molecule has 3 unspecified atom stereocenters. The lowest BCUT2D eigenvalue weighted by molar-refractivity contribution is -0.161. The van der Waals surface area contributed by atoms with Gasteiger partial charge in [-0.25, -0.2) is 9.13 Å². The number of carbonyl (C=O) groups is 4. The Balaban J connectivity index is 5.22. The molecule has 17 nitrogen and oxygen atoms in total.